The molecule has 0 aliphatic rings. The van der Waals surface area contributed by atoms with Gasteiger partial charge in [0.1, 0.15) is 23.1 Å². The number of carbonyl (C=O) groups is 1. The Morgan fingerprint density at radius 3 is 2.38 bits per heavy atom. The highest BCUT2D eigenvalue weighted by atomic mass is 35.5. The predicted molar refractivity (Wildman–Crippen MR) is 140 cm³/mol. The number of aromatic amines is 1. The highest BCUT2D eigenvalue weighted by molar-refractivity contribution is 7.90. The van der Waals surface area contributed by atoms with E-state index in [-0.39, 0.29) is 27.4 Å². The zero-order chi connectivity index (χ0) is 27.9. The second-order valence-corrected chi connectivity index (χ2v) is 10.6. The molecule has 2 heterocycles. The van der Waals surface area contributed by atoms with Crippen molar-refractivity contribution in [2.75, 3.05) is 0 Å². The van der Waals surface area contributed by atoms with Gasteiger partial charge in [0, 0.05) is 38.8 Å². The van der Waals surface area contributed by atoms with Crippen LogP contribution in [0.4, 0.5) is 13.2 Å². The fourth-order valence-corrected chi connectivity index (χ4v) is 5.42. The lowest BCUT2D eigenvalue weighted by molar-refractivity contribution is 0.0974. The number of rotatable bonds is 6. The van der Waals surface area contributed by atoms with Crippen LogP contribution in [0.2, 0.25) is 5.02 Å². The van der Waals surface area contributed by atoms with Crippen LogP contribution in [-0.4, -0.2) is 23.9 Å². The van der Waals surface area contributed by atoms with Crippen molar-refractivity contribution in [3.05, 3.63) is 123 Å². The van der Waals surface area contributed by atoms with E-state index in [0.717, 1.165) is 42.5 Å². The molecular weight excluding hydrogens is 555 g/mol. The molecule has 198 valence electrons. The first kappa shape index (κ1) is 26.3. The zero-order valence-corrected chi connectivity index (χ0v) is 21.3. The summed E-state index contributed by atoms with van der Waals surface area (Å²) >= 11 is 6.23. The van der Waals surface area contributed by atoms with Crippen LogP contribution in [-0.2, 0) is 16.6 Å². The van der Waals surface area contributed by atoms with Gasteiger partial charge in [-0.3, -0.25) is 9.59 Å². The molecule has 0 bridgehead atoms. The number of pyridine rings is 1. The summed E-state index contributed by atoms with van der Waals surface area (Å²) in [6.07, 6.45) is 1.37. The number of hydrogen-bond acceptors (Lipinski definition) is 4. The number of benzene rings is 3. The number of fused-ring (bicyclic) bond motifs is 1. The highest BCUT2D eigenvalue weighted by Crippen LogP contribution is 2.36. The summed E-state index contributed by atoms with van der Waals surface area (Å²) in [5, 5.41) is 0.538. The van der Waals surface area contributed by atoms with E-state index in [4.69, 9.17) is 11.6 Å². The lowest BCUT2D eigenvalue weighted by Gasteiger charge is -2.14. The molecule has 0 atom stereocenters. The zero-order valence-electron chi connectivity index (χ0n) is 19.7. The van der Waals surface area contributed by atoms with E-state index in [1.165, 1.54) is 41.1 Å². The normalized spacial score (nSPS) is 11.6. The maximum atomic E-state index is 14.7. The molecule has 2 N–H and O–H groups in total. The highest BCUT2D eigenvalue weighted by Gasteiger charge is 2.29. The molecule has 1 amide bonds. The second-order valence-electron chi connectivity index (χ2n) is 8.51. The smallest absolute Gasteiger partial charge is 0.282 e. The fourth-order valence-electron chi connectivity index (χ4n) is 4.30. The number of aromatic nitrogens is 2. The summed E-state index contributed by atoms with van der Waals surface area (Å²) in [5.41, 5.74) is -0.718. The van der Waals surface area contributed by atoms with Gasteiger partial charge in [0.25, 0.3) is 21.5 Å². The molecule has 5 rings (SSSR count). The van der Waals surface area contributed by atoms with Gasteiger partial charge in [-0.15, -0.1) is 0 Å². The van der Waals surface area contributed by atoms with E-state index < -0.39 is 50.4 Å². The Balaban J connectivity index is 1.78. The summed E-state index contributed by atoms with van der Waals surface area (Å²) in [6, 6.07) is 14.0. The number of amides is 1. The van der Waals surface area contributed by atoms with Gasteiger partial charge >= 0.3 is 0 Å². The molecular formula is C27H17ClF3N3O4S. The van der Waals surface area contributed by atoms with Crippen molar-refractivity contribution in [3.8, 4) is 11.1 Å². The number of sulfonamides is 1. The van der Waals surface area contributed by atoms with Crippen LogP contribution in [0.3, 0.4) is 0 Å². The van der Waals surface area contributed by atoms with Crippen molar-refractivity contribution in [2.45, 2.75) is 11.4 Å². The van der Waals surface area contributed by atoms with Gasteiger partial charge in [0.2, 0.25) is 0 Å². The maximum Gasteiger partial charge on any atom is 0.282 e. The number of halogens is 4. The van der Waals surface area contributed by atoms with Crippen molar-refractivity contribution in [1.82, 2.24) is 14.3 Å². The van der Waals surface area contributed by atoms with E-state index in [0.29, 0.717) is 10.9 Å². The SMILES string of the molecule is O=C(NS(=O)(=O)c1ccc(F)cc1)c1c(-c2ccc[nH]c2=O)c2cc(Cl)ccc2n1Cc1cc(F)ccc1F. The lowest BCUT2D eigenvalue weighted by atomic mass is 10.0. The van der Waals surface area contributed by atoms with Crippen molar-refractivity contribution in [3.63, 3.8) is 0 Å². The van der Waals surface area contributed by atoms with Gasteiger partial charge < -0.3 is 9.55 Å². The van der Waals surface area contributed by atoms with Crippen molar-refractivity contribution >= 4 is 38.4 Å². The summed E-state index contributed by atoms with van der Waals surface area (Å²) in [7, 11) is -4.51. The van der Waals surface area contributed by atoms with Crippen molar-refractivity contribution in [2.24, 2.45) is 0 Å². The number of hydrogen-bond donors (Lipinski definition) is 2. The second kappa shape index (κ2) is 10.1. The Morgan fingerprint density at radius 1 is 0.949 bits per heavy atom. The molecule has 3 aromatic carbocycles. The molecule has 0 unspecified atom stereocenters. The van der Waals surface area contributed by atoms with E-state index in [1.54, 1.807) is 0 Å². The summed E-state index contributed by atoms with van der Waals surface area (Å²) in [5.74, 6) is -3.34. The van der Waals surface area contributed by atoms with Gasteiger partial charge in [0.15, 0.2) is 0 Å². The largest absolute Gasteiger partial charge is 0.331 e. The number of nitrogens with zero attached hydrogens (tertiary/aromatic N) is 1. The minimum atomic E-state index is -4.51. The standard InChI is InChI=1S/C27H17ClF3N3O4S/c28-16-3-10-23-21(13-16)24(20-2-1-11-32-26(20)35)25(34(23)14-15-12-18(30)6-9-22(15)31)27(36)33-39(37,38)19-7-4-17(29)5-8-19/h1-13H,14H2,(H,32,35)(H,33,36). The molecule has 0 saturated heterocycles. The van der Waals surface area contributed by atoms with Crippen LogP contribution in [0.1, 0.15) is 16.1 Å². The van der Waals surface area contributed by atoms with Gasteiger partial charge in [0.05, 0.1) is 11.4 Å². The van der Waals surface area contributed by atoms with Gasteiger partial charge in [-0.1, -0.05) is 11.6 Å². The number of H-pyrrole nitrogens is 1. The van der Waals surface area contributed by atoms with Crippen LogP contribution in [0.15, 0.2) is 88.7 Å². The first-order valence-electron chi connectivity index (χ1n) is 11.3. The molecule has 0 saturated carbocycles. The predicted octanol–water partition coefficient (Wildman–Crippen LogP) is 5.23. The van der Waals surface area contributed by atoms with Gasteiger partial charge in [-0.2, -0.15) is 0 Å². The Morgan fingerprint density at radius 2 is 1.67 bits per heavy atom. The quantitative estimate of drug-likeness (QED) is 0.291. The van der Waals surface area contributed by atoms with Gasteiger partial charge in [-0.05, 0) is 72.8 Å². The molecule has 0 radical (unpaired) electrons. The molecule has 12 heteroatoms. The maximum absolute atomic E-state index is 14.7. The molecule has 0 fully saturated rings. The Bertz CT molecular complexity index is 1920. The molecule has 5 aromatic rings. The average Bonchev–Trinajstić information content (AvgIpc) is 3.19. The van der Waals surface area contributed by atoms with Crippen molar-refractivity contribution in [1.29, 1.82) is 0 Å². The van der Waals surface area contributed by atoms with Gasteiger partial charge in [-0.25, -0.2) is 26.3 Å². The Kier molecular flexibility index (Phi) is 6.79. The first-order valence-corrected chi connectivity index (χ1v) is 13.2. The third-order valence-electron chi connectivity index (χ3n) is 6.02. The minimum absolute atomic E-state index is 0.00700. The Labute approximate surface area is 224 Å². The van der Waals surface area contributed by atoms with Crippen LogP contribution in [0.25, 0.3) is 22.0 Å². The molecule has 0 spiro atoms. The molecule has 0 aliphatic heterocycles. The number of nitrogens with one attached hydrogen (secondary N) is 2. The van der Waals surface area contributed by atoms with Crippen LogP contribution in [0.5, 0.6) is 0 Å². The van der Waals surface area contributed by atoms with E-state index in [2.05, 4.69) is 4.98 Å². The molecule has 2 aromatic heterocycles. The fraction of sp³-hybridized carbons (Fsp3) is 0.0370. The number of carbonyl (C=O) groups excluding carboxylic acids is 1. The van der Waals surface area contributed by atoms with Crippen LogP contribution < -0.4 is 10.3 Å². The monoisotopic (exact) mass is 571 g/mol. The molecule has 39 heavy (non-hydrogen) atoms. The van der Waals surface area contributed by atoms with E-state index in [9.17, 15) is 31.2 Å². The van der Waals surface area contributed by atoms with Crippen LogP contribution in [0, 0.1) is 17.5 Å². The molecule has 7 nitrogen and oxygen atoms in total. The lowest BCUT2D eigenvalue weighted by Crippen LogP contribution is -2.33. The third-order valence-corrected chi connectivity index (χ3v) is 7.60. The molecule has 0 aliphatic carbocycles. The average molecular weight is 572 g/mol. The van der Waals surface area contributed by atoms with E-state index >= 15 is 0 Å². The van der Waals surface area contributed by atoms with Crippen molar-refractivity contribution < 1.29 is 26.4 Å². The van der Waals surface area contributed by atoms with E-state index in [1.807, 2.05) is 4.72 Å². The third kappa shape index (κ3) is 5.06. The summed E-state index contributed by atoms with van der Waals surface area (Å²) < 4.78 is 71.3. The summed E-state index contributed by atoms with van der Waals surface area (Å²) in [6.45, 7) is -0.397. The summed E-state index contributed by atoms with van der Waals surface area (Å²) in [4.78, 5) is 28.7. The Hall–Kier alpha value is -4.35. The minimum Gasteiger partial charge on any atom is -0.331 e. The van der Waals surface area contributed by atoms with Crippen LogP contribution >= 0.6 is 11.6 Å². The topological polar surface area (TPSA) is 101 Å². The first-order chi connectivity index (χ1) is 18.5.